The second-order valence-corrected chi connectivity index (χ2v) is 4.43. The van der Waals surface area contributed by atoms with Gasteiger partial charge in [0, 0.05) is 35.6 Å². The van der Waals surface area contributed by atoms with Crippen molar-refractivity contribution in [3.63, 3.8) is 0 Å². The molecule has 0 saturated carbocycles. The van der Waals surface area contributed by atoms with Crippen molar-refractivity contribution in [3.05, 3.63) is 36.3 Å². The van der Waals surface area contributed by atoms with Gasteiger partial charge < -0.3 is 5.32 Å². The van der Waals surface area contributed by atoms with Gasteiger partial charge in [0.2, 0.25) is 0 Å². The number of hydrogen-bond acceptors (Lipinski definition) is 3. The van der Waals surface area contributed by atoms with E-state index in [2.05, 4.69) is 16.6 Å². The van der Waals surface area contributed by atoms with Crippen LogP contribution in [0.1, 0.15) is 0 Å². The van der Waals surface area contributed by atoms with Gasteiger partial charge in [0.05, 0.1) is 5.52 Å². The number of halogens is 1. The van der Waals surface area contributed by atoms with Crippen LogP contribution in [0.5, 0.6) is 0 Å². The first-order valence-electron chi connectivity index (χ1n) is 5.08. The van der Waals surface area contributed by atoms with Crippen LogP contribution in [0.4, 0.5) is 10.1 Å². The summed E-state index contributed by atoms with van der Waals surface area (Å²) in [5.74, 6) is 0.798. The van der Waals surface area contributed by atoms with Crippen LogP contribution in [-0.4, -0.2) is 23.5 Å². The fraction of sp³-hybridized carbons (Fsp3) is 0.250. The van der Waals surface area contributed by atoms with Gasteiger partial charge in [-0.25, -0.2) is 4.39 Å². The molecule has 0 spiro atoms. The molecule has 1 heterocycles. The third-order valence-electron chi connectivity index (χ3n) is 2.33. The Morgan fingerprint density at radius 1 is 1.38 bits per heavy atom. The molecule has 0 fully saturated rings. The molecule has 0 radical (unpaired) electrons. The van der Waals surface area contributed by atoms with Crippen LogP contribution in [0.3, 0.4) is 0 Å². The highest BCUT2D eigenvalue weighted by atomic mass is 32.2. The van der Waals surface area contributed by atoms with Crippen molar-refractivity contribution < 1.29 is 4.39 Å². The summed E-state index contributed by atoms with van der Waals surface area (Å²) in [7, 11) is 0. The Balaban J connectivity index is 2.30. The molecule has 2 rings (SSSR count). The summed E-state index contributed by atoms with van der Waals surface area (Å²) in [6.45, 7) is 0.900. The zero-order chi connectivity index (χ0) is 11.4. The van der Waals surface area contributed by atoms with Crippen molar-refractivity contribution in [2.45, 2.75) is 0 Å². The molecular weight excluding hydrogens is 223 g/mol. The van der Waals surface area contributed by atoms with Gasteiger partial charge >= 0.3 is 0 Å². The zero-order valence-electron chi connectivity index (χ0n) is 9.03. The standard InChI is InChI=1S/C12H13FN2S/c1-16-7-6-15-11-4-5-14-12-8-9(13)2-3-10(11)12/h2-5,8H,6-7H2,1H3,(H,14,15). The zero-order valence-corrected chi connectivity index (χ0v) is 9.85. The summed E-state index contributed by atoms with van der Waals surface area (Å²) in [6.07, 6.45) is 3.77. The van der Waals surface area contributed by atoms with E-state index >= 15 is 0 Å². The van der Waals surface area contributed by atoms with Crippen molar-refractivity contribution in [1.29, 1.82) is 0 Å². The van der Waals surface area contributed by atoms with Crippen molar-refractivity contribution >= 4 is 28.4 Å². The number of fused-ring (bicyclic) bond motifs is 1. The summed E-state index contributed by atoms with van der Waals surface area (Å²) >= 11 is 1.79. The van der Waals surface area contributed by atoms with Gasteiger partial charge in [-0.3, -0.25) is 4.98 Å². The van der Waals surface area contributed by atoms with Gasteiger partial charge in [0.1, 0.15) is 5.82 Å². The molecule has 0 aliphatic carbocycles. The number of nitrogens with one attached hydrogen (secondary N) is 1. The Kier molecular flexibility index (Phi) is 3.62. The van der Waals surface area contributed by atoms with E-state index in [0.29, 0.717) is 5.52 Å². The van der Waals surface area contributed by atoms with Crippen LogP contribution >= 0.6 is 11.8 Å². The summed E-state index contributed by atoms with van der Waals surface area (Å²) in [6, 6.07) is 6.60. The number of nitrogens with zero attached hydrogens (tertiary/aromatic N) is 1. The molecule has 0 saturated heterocycles. The van der Waals surface area contributed by atoms with Crippen molar-refractivity contribution in [1.82, 2.24) is 4.98 Å². The van der Waals surface area contributed by atoms with Crippen LogP contribution in [0.2, 0.25) is 0 Å². The Morgan fingerprint density at radius 2 is 2.25 bits per heavy atom. The smallest absolute Gasteiger partial charge is 0.125 e. The highest BCUT2D eigenvalue weighted by Gasteiger charge is 2.02. The topological polar surface area (TPSA) is 24.9 Å². The number of anilines is 1. The van der Waals surface area contributed by atoms with Crippen molar-refractivity contribution in [2.75, 3.05) is 23.9 Å². The number of aromatic nitrogens is 1. The van der Waals surface area contributed by atoms with E-state index in [9.17, 15) is 4.39 Å². The third-order valence-corrected chi connectivity index (χ3v) is 2.94. The molecule has 0 bridgehead atoms. The SMILES string of the molecule is CSCCNc1ccnc2cc(F)ccc12. The van der Waals surface area contributed by atoms with Gasteiger partial charge in [-0.1, -0.05) is 0 Å². The lowest BCUT2D eigenvalue weighted by Crippen LogP contribution is -2.04. The van der Waals surface area contributed by atoms with E-state index < -0.39 is 0 Å². The van der Waals surface area contributed by atoms with Crippen LogP contribution in [-0.2, 0) is 0 Å². The normalized spacial score (nSPS) is 10.6. The molecule has 2 aromatic rings. The molecular formula is C12H13FN2S. The first kappa shape index (κ1) is 11.2. The Labute approximate surface area is 98.3 Å². The number of benzene rings is 1. The number of pyridine rings is 1. The average Bonchev–Trinajstić information content (AvgIpc) is 2.29. The van der Waals surface area contributed by atoms with E-state index in [1.165, 1.54) is 12.1 Å². The van der Waals surface area contributed by atoms with E-state index in [1.54, 1.807) is 24.0 Å². The highest BCUT2D eigenvalue weighted by Crippen LogP contribution is 2.21. The average molecular weight is 236 g/mol. The maximum Gasteiger partial charge on any atom is 0.125 e. The van der Waals surface area contributed by atoms with E-state index in [-0.39, 0.29) is 5.82 Å². The minimum Gasteiger partial charge on any atom is -0.384 e. The summed E-state index contributed by atoms with van der Waals surface area (Å²) in [5.41, 5.74) is 1.70. The molecule has 2 nitrogen and oxygen atoms in total. The fourth-order valence-corrected chi connectivity index (χ4v) is 1.87. The molecule has 1 aromatic carbocycles. The second kappa shape index (κ2) is 5.16. The molecule has 0 aliphatic rings. The molecule has 0 amide bonds. The molecule has 0 unspecified atom stereocenters. The molecule has 0 aliphatic heterocycles. The maximum absolute atomic E-state index is 13.0. The molecule has 84 valence electrons. The second-order valence-electron chi connectivity index (χ2n) is 3.44. The molecule has 4 heteroatoms. The van der Waals surface area contributed by atoms with Crippen LogP contribution in [0, 0.1) is 5.82 Å². The first-order valence-corrected chi connectivity index (χ1v) is 6.48. The van der Waals surface area contributed by atoms with Gasteiger partial charge in [0.25, 0.3) is 0 Å². The number of hydrogen-bond donors (Lipinski definition) is 1. The Hall–Kier alpha value is -1.29. The Bertz CT molecular complexity index is 487. The maximum atomic E-state index is 13.0. The van der Waals surface area contributed by atoms with Crippen LogP contribution in [0.15, 0.2) is 30.5 Å². The van der Waals surface area contributed by atoms with Gasteiger partial charge in [0.15, 0.2) is 0 Å². The monoisotopic (exact) mass is 236 g/mol. The fourth-order valence-electron chi connectivity index (χ4n) is 1.56. The first-order chi connectivity index (χ1) is 7.81. The number of rotatable bonds is 4. The van der Waals surface area contributed by atoms with Crippen molar-refractivity contribution in [3.8, 4) is 0 Å². The largest absolute Gasteiger partial charge is 0.384 e. The summed E-state index contributed by atoms with van der Waals surface area (Å²) in [5, 5.41) is 4.29. The van der Waals surface area contributed by atoms with E-state index in [0.717, 1.165) is 23.4 Å². The van der Waals surface area contributed by atoms with Crippen molar-refractivity contribution in [2.24, 2.45) is 0 Å². The lowest BCUT2D eigenvalue weighted by molar-refractivity contribution is 0.629. The highest BCUT2D eigenvalue weighted by molar-refractivity contribution is 7.98. The summed E-state index contributed by atoms with van der Waals surface area (Å²) < 4.78 is 13.0. The van der Waals surface area contributed by atoms with E-state index in [4.69, 9.17) is 0 Å². The van der Waals surface area contributed by atoms with Crippen LogP contribution in [0.25, 0.3) is 10.9 Å². The molecule has 16 heavy (non-hydrogen) atoms. The van der Waals surface area contributed by atoms with Gasteiger partial charge in [-0.05, 0) is 24.5 Å². The van der Waals surface area contributed by atoms with Crippen LogP contribution < -0.4 is 5.32 Å². The number of thioether (sulfide) groups is 1. The lowest BCUT2D eigenvalue weighted by Gasteiger charge is -2.08. The lowest BCUT2D eigenvalue weighted by atomic mass is 10.2. The molecule has 1 aromatic heterocycles. The summed E-state index contributed by atoms with van der Waals surface area (Å²) in [4.78, 5) is 4.15. The predicted molar refractivity (Wildman–Crippen MR) is 68.6 cm³/mol. The van der Waals surface area contributed by atoms with Gasteiger partial charge in [-0.15, -0.1) is 0 Å². The Morgan fingerprint density at radius 3 is 3.06 bits per heavy atom. The minimum absolute atomic E-state index is 0.249. The quantitative estimate of drug-likeness (QED) is 0.825. The predicted octanol–water partition coefficient (Wildman–Crippen LogP) is 3.15. The van der Waals surface area contributed by atoms with E-state index in [1.807, 2.05) is 6.07 Å². The van der Waals surface area contributed by atoms with Gasteiger partial charge in [-0.2, -0.15) is 11.8 Å². The third kappa shape index (κ3) is 2.44. The minimum atomic E-state index is -0.249. The molecule has 0 atom stereocenters. The molecule has 1 N–H and O–H groups in total.